The van der Waals surface area contributed by atoms with Gasteiger partial charge in [-0.25, -0.2) is 4.79 Å². The van der Waals surface area contributed by atoms with Crippen LogP contribution in [0, 0.1) is 0 Å². The van der Waals surface area contributed by atoms with Gasteiger partial charge in [0.25, 0.3) is 0 Å². The molecule has 2 aromatic rings. The summed E-state index contributed by atoms with van der Waals surface area (Å²) in [6, 6.07) is 9.33. The molecule has 0 fully saturated rings. The van der Waals surface area contributed by atoms with Crippen LogP contribution in [0.1, 0.15) is 56.6 Å². The summed E-state index contributed by atoms with van der Waals surface area (Å²) in [6.45, 7) is 7.01. The first-order valence-corrected chi connectivity index (χ1v) is 14.4. The molecule has 0 saturated carbocycles. The van der Waals surface area contributed by atoms with Crippen molar-refractivity contribution in [3.8, 4) is 28.7 Å². The average Bonchev–Trinajstić information content (AvgIpc) is 3.01. The SMILES string of the molecule is CCOCCOC(=O)C1=C(C)NC2=C(C(=O)C[C@H](c3ccc(OCC)c(OC)c3)C2)[C@H]1c1cc(OC)c(OC)c(OC)c1. The Hall–Kier alpha value is -4.18. The van der Waals surface area contributed by atoms with Crippen molar-refractivity contribution in [2.75, 3.05) is 54.9 Å². The van der Waals surface area contributed by atoms with Crippen LogP contribution >= 0.6 is 0 Å². The number of rotatable bonds is 13. The maximum absolute atomic E-state index is 14.1. The number of Topliss-reactive ketones (excluding diaryl/α,β-unsaturated/α-hetero) is 1. The molecule has 2 aromatic carbocycles. The lowest BCUT2D eigenvalue weighted by Crippen LogP contribution is -2.36. The number of allylic oxidation sites excluding steroid dienone is 3. The molecule has 0 aromatic heterocycles. The Bertz CT molecular complexity index is 1390. The Kier molecular flexibility index (Phi) is 10.6. The number of benzene rings is 2. The minimum absolute atomic E-state index is 0.0718. The number of ether oxygens (including phenoxy) is 7. The second-order valence-corrected chi connectivity index (χ2v) is 10.2. The maximum Gasteiger partial charge on any atom is 0.336 e. The molecular weight excluding hydrogens is 554 g/mol. The van der Waals surface area contributed by atoms with E-state index in [9.17, 15) is 9.59 Å². The summed E-state index contributed by atoms with van der Waals surface area (Å²) < 4.78 is 39.0. The zero-order valence-electron chi connectivity index (χ0n) is 26.0. The molecule has 2 atom stereocenters. The predicted octanol–water partition coefficient (Wildman–Crippen LogP) is 5.06. The predicted molar refractivity (Wildman–Crippen MR) is 160 cm³/mol. The molecule has 0 saturated heterocycles. The van der Waals surface area contributed by atoms with Crippen LogP contribution in [-0.2, 0) is 19.1 Å². The fourth-order valence-corrected chi connectivity index (χ4v) is 5.77. The zero-order valence-corrected chi connectivity index (χ0v) is 26.0. The third-order valence-electron chi connectivity index (χ3n) is 7.69. The molecule has 0 unspecified atom stereocenters. The molecule has 0 amide bonds. The maximum atomic E-state index is 14.1. The number of ketones is 1. The lowest BCUT2D eigenvalue weighted by atomic mass is 9.71. The van der Waals surface area contributed by atoms with Gasteiger partial charge in [0.15, 0.2) is 28.8 Å². The van der Waals surface area contributed by atoms with Crippen LogP contribution in [0.15, 0.2) is 52.9 Å². The normalized spacial score (nSPS) is 18.1. The number of dihydropyridines is 1. The molecule has 0 radical (unpaired) electrons. The van der Waals surface area contributed by atoms with E-state index in [4.69, 9.17) is 33.2 Å². The van der Waals surface area contributed by atoms with Crippen molar-refractivity contribution in [2.24, 2.45) is 0 Å². The van der Waals surface area contributed by atoms with Gasteiger partial charge >= 0.3 is 5.97 Å². The van der Waals surface area contributed by atoms with Crippen LogP contribution < -0.4 is 29.0 Å². The van der Waals surface area contributed by atoms with Crippen molar-refractivity contribution in [3.05, 3.63) is 64.0 Å². The molecular formula is C33H41NO9. The Morgan fingerprint density at radius 3 is 2.12 bits per heavy atom. The second-order valence-electron chi connectivity index (χ2n) is 10.2. The molecule has 2 aliphatic rings. The van der Waals surface area contributed by atoms with E-state index in [1.807, 2.05) is 39.0 Å². The van der Waals surface area contributed by atoms with E-state index >= 15 is 0 Å². The second kappa shape index (κ2) is 14.3. The molecule has 1 aliphatic carbocycles. The average molecular weight is 596 g/mol. The first-order valence-electron chi connectivity index (χ1n) is 14.4. The Morgan fingerprint density at radius 2 is 1.51 bits per heavy atom. The Balaban J connectivity index is 1.80. The van der Waals surface area contributed by atoms with E-state index in [0.717, 1.165) is 11.3 Å². The molecule has 0 spiro atoms. The van der Waals surface area contributed by atoms with Crippen molar-refractivity contribution >= 4 is 11.8 Å². The van der Waals surface area contributed by atoms with Gasteiger partial charge in [-0.2, -0.15) is 0 Å². The molecule has 0 bridgehead atoms. The third kappa shape index (κ3) is 6.59. The number of hydrogen-bond donors (Lipinski definition) is 1. The van der Waals surface area contributed by atoms with Gasteiger partial charge < -0.3 is 38.5 Å². The van der Waals surface area contributed by atoms with Crippen molar-refractivity contribution in [3.63, 3.8) is 0 Å². The molecule has 1 N–H and O–H groups in total. The highest BCUT2D eigenvalue weighted by atomic mass is 16.6. The van der Waals surface area contributed by atoms with Gasteiger partial charge in [0, 0.05) is 35.9 Å². The first-order chi connectivity index (χ1) is 20.8. The summed E-state index contributed by atoms with van der Waals surface area (Å²) in [5.41, 5.74) is 3.85. The van der Waals surface area contributed by atoms with Crippen LogP contribution in [0.3, 0.4) is 0 Å². The molecule has 1 heterocycles. The topological polar surface area (TPSA) is 111 Å². The highest BCUT2D eigenvalue weighted by Crippen LogP contribution is 2.49. The molecule has 232 valence electrons. The van der Waals surface area contributed by atoms with Gasteiger partial charge in [0.05, 0.1) is 47.2 Å². The summed E-state index contributed by atoms with van der Waals surface area (Å²) in [5.74, 6) is 1.11. The molecule has 10 heteroatoms. The number of carbonyl (C=O) groups excluding carboxylic acids is 2. The van der Waals surface area contributed by atoms with Crippen LogP contribution in [0.25, 0.3) is 0 Å². The number of hydrogen-bond acceptors (Lipinski definition) is 10. The largest absolute Gasteiger partial charge is 0.493 e. The minimum Gasteiger partial charge on any atom is -0.493 e. The molecule has 10 nitrogen and oxygen atoms in total. The summed E-state index contributed by atoms with van der Waals surface area (Å²) >= 11 is 0. The number of methoxy groups -OCH3 is 4. The monoisotopic (exact) mass is 595 g/mol. The lowest BCUT2D eigenvalue weighted by Gasteiger charge is -2.37. The fraction of sp³-hybridized carbons (Fsp3) is 0.455. The van der Waals surface area contributed by atoms with Gasteiger partial charge in [-0.3, -0.25) is 4.79 Å². The van der Waals surface area contributed by atoms with E-state index in [2.05, 4.69) is 5.32 Å². The smallest absolute Gasteiger partial charge is 0.336 e. The van der Waals surface area contributed by atoms with Gasteiger partial charge in [-0.15, -0.1) is 0 Å². The van der Waals surface area contributed by atoms with Crippen molar-refractivity contribution in [1.82, 2.24) is 5.32 Å². The van der Waals surface area contributed by atoms with Crippen LogP contribution in [0.2, 0.25) is 0 Å². The fourth-order valence-electron chi connectivity index (χ4n) is 5.77. The molecule has 1 aliphatic heterocycles. The van der Waals surface area contributed by atoms with Crippen LogP contribution in [0.4, 0.5) is 0 Å². The van der Waals surface area contributed by atoms with Gasteiger partial charge in [0.2, 0.25) is 5.75 Å². The standard InChI is InChI=1S/C33H41NO9/c1-8-41-12-13-43-33(36)29-19(3)34-23-14-21(20-10-11-25(42-9-2)26(16-20)37-4)15-24(35)31(23)30(29)22-17-27(38-5)32(40-7)28(18-22)39-6/h10-11,16-18,21,30,34H,8-9,12-15H2,1-7H3/t21-,30+/m1/s1. The summed E-state index contributed by atoms with van der Waals surface area (Å²) in [7, 11) is 6.18. The van der Waals surface area contributed by atoms with Crippen LogP contribution in [0.5, 0.6) is 28.7 Å². The third-order valence-corrected chi connectivity index (χ3v) is 7.69. The molecule has 43 heavy (non-hydrogen) atoms. The Morgan fingerprint density at radius 1 is 0.837 bits per heavy atom. The van der Waals surface area contributed by atoms with E-state index in [1.54, 1.807) is 19.2 Å². The minimum atomic E-state index is -0.715. The van der Waals surface area contributed by atoms with Crippen molar-refractivity contribution < 1.29 is 42.7 Å². The number of carbonyl (C=O) groups is 2. The molecule has 4 rings (SSSR count). The summed E-state index contributed by atoms with van der Waals surface area (Å²) in [6.07, 6.45) is 0.813. The zero-order chi connectivity index (χ0) is 31.1. The van der Waals surface area contributed by atoms with Gasteiger partial charge in [-0.05, 0) is 68.5 Å². The van der Waals surface area contributed by atoms with Crippen molar-refractivity contribution in [2.45, 2.75) is 45.4 Å². The summed E-state index contributed by atoms with van der Waals surface area (Å²) in [5, 5.41) is 3.38. The van der Waals surface area contributed by atoms with Crippen molar-refractivity contribution in [1.29, 1.82) is 0 Å². The quantitative estimate of drug-likeness (QED) is 0.249. The number of nitrogens with one attached hydrogen (secondary N) is 1. The van der Waals surface area contributed by atoms with Crippen LogP contribution in [-0.4, -0.2) is 66.6 Å². The highest BCUT2D eigenvalue weighted by molar-refractivity contribution is 6.04. The van der Waals surface area contributed by atoms with E-state index in [1.165, 1.54) is 21.3 Å². The number of esters is 1. The van der Waals surface area contributed by atoms with Gasteiger partial charge in [0.1, 0.15) is 6.61 Å². The van der Waals surface area contributed by atoms with E-state index in [-0.39, 0.29) is 31.3 Å². The van der Waals surface area contributed by atoms with E-state index in [0.29, 0.717) is 70.8 Å². The Labute approximate surface area is 252 Å². The van der Waals surface area contributed by atoms with E-state index < -0.39 is 11.9 Å². The highest BCUT2D eigenvalue weighted by Gasteiger charge is 2.42. The summed E-state index contributed by atoms with van der Waals surface area (Å²) in [4.78, 5) is 27.7. The van der Waals surface area contributed by atoms with Gasteiger partial charge in [-0.1, -0.05) is 6.07 Å². The first kappa shape index (κ1) is 31.7. The lowest BCUT2D eigenvalue weighted by molar-refractivity contribution is -0.140.